The van der Waals surface area contributed by atoms with E-state index >= 15 is 0 Å². The quantitative estimate of drug-likeness (QED) is 0.523. The van der Waals surface area contributed by atoms with Crippen molar-refractivity contribution in [2.24, 2.45) is 0 Å². The SMILES string of the molecule is CCOC(=O)C(C)c1ccc(Oc2ncccc2C(=O)O)c(Oc2ccccc2)c1. The number of nitrogens with zero attached hydrogens (tertiary/aromatic N) is 1. The third-order valence-corrected chi connectivity index (χ3v) is 4.29. The number of aromatic carboxylic acids is 1. The molecular formula is C23H21NO6. The maximum absolute atomic E-state index is 12.1. The van der Waals surface area contributed by atoms with Gasteiger partial charge in [0.15, 0.2) is 11.5 Å². The molecule has 3 aromatic rings. The lowest BCUT2D eigenvalue weighted by molar-refractivity contribution is -0.144. The lowest BCUT2D eigenvalue weighted by Gasteiger charge is -2.16. The van der Waals surface area contributed by atoms with E-state index in [9.17, 15) is 14.7 Å². The number of benzene rings is 2. The second-order valence-electron chi connectivity index (χ2n) is 6.36. The van der Waals surface area contributed by atoms with Gasteiger partial charge in [0.2, 0.25) is 5.88 Å². The summed E-state index contributed by atoms with van der Waals surface area (Å²) in [5.74, 6) is -0.943. The van der Waals surface area contributed by atoms with Crippen molar-refractivity contribution in [1.29, 1.82) is 0 Å². The highest BCUT2D eigenvalue weighted by molar-refractivity contribution is 5.90. The maximum atomic E-state index is 12.1. The van der Waals surface area contributed by atoms with Crippen LogP contribution in [-0.4, -0.2) is 28.6 Å². The highest BCUT2D eigenvalue weighted by Crippen LogP contribution is 2.37. The van der Waals surface area contributed by atoms with E-state index in [1.807, 2.05) is 18.2 Å². The van der Waals surface area contributed by atoms with Crippen LogP contribution in [0.4, 0.5) is 0 Å². The molecule has 154 valence electrons. The van der Waals surface area contributed by atoms with E-state index in [0.29, 0.717) is 17.1 Å². The summed E-state index contributed by atoms with van der Waals surface area (Å²) >= 11 is 0. The fourth-order valence-electron chi connectivity index (χ4n) is 2.72. The van der Waals surface area contributed by atoms with Crippen molar-refractivity contribution < 1.29 is 28.9 Å². The van der Waals surface area contributed by atoms with Crippen molar-refractivity contribution in [3.8, 4) is 23.1 Å². The minimum Gasteiger partial charge on any atom is -0.477 e. The average molecular weight is 407 g/mol. The molecule has 0 aliphatic carbocycles. The van der Waals surface area contributed by atoms with E-state index < -0.39 is 11.9 Å². The van der Waals surface area contributed by atoms with Gasteiger partial charge in [-0.3, -0.25) is 4.79 Å². The van der Waals surface area contributed by atoms with Crippen molar-refractivity contribution in [1.82, 2.24) is 4.98 Å². The Morgan fingerprint density at radius 3 is 2.47 bits per heavy atom. The number of hydrogen-bond donors (Lipinski definition) is 1. The molecule has 0 fully saturated rings. The molecule has 1 N–H and O–H groups in total. The van der Waals surface area contributed by atoms with Crippen molar-refractivity contribution >= 4 is 11.9 Å². The van der Waals surface area contributed by atoms with Crippen LogP contribution in [0.25, 0.3) is 0 Å². The Kier molecular flexibility index (Phi) is 6.64. The predicted octanol–water partition coefficient (Wildman–Crippen LogP) is 5.03. The summed E-state index contributed by atoms with van der Waals surface area (Å²) in [5, 5.41) is 9.37. The molecule has 7 nitrogen and oxygen atoms in total. The highest BCUT2D eigenvalue weighted by Gasteiger charge is 2.21. The van der Waals surface area contributed by atoms with Gasteiger partial charge in [0, 0.05) is 6.20 Å². The summed E-state index contributed by atoms with van der Waals surface area (Å²) < 4.78 is 16.8. The van der Waals surface area contributed by atoms with Gasteiger partial charge < -0.3 is 19.3 Å². The Balaban J connectivity index is 1.99. The van der Waals surface area contributed by atoms with Gasteiger partial charge in [-0.2, -0.15) is 0 Å². The number of para-hydroxylation sites is 1. The van der Waals surface area contributed by atoms with Crippen LogP contribution < -0.4 is 9.47 Å². The first-order valence-corrected chi connectivity index (χ1v) is 9.39. The standard InChI is InChI=1S/C23H21NO6/c1-3-28-23(27)15(2)16-11-12-19(20(14-16)29-17-8-5-4-6-9-17)30-21-18(22(25)26)10-7-13-24-21/h4-15H,3H2,1-2H3,(H,25,26). The third-order valence-electron chi connectivity index (χ3n) is 4.29. The molecule has 1 atom stereocenters. The maximum Gasteiger partial charge on any atom is 0.341 e. The second-order valence-corrected chi connectivity index (χ2v) is 6.36. The van der Waals surface area contributed by atoms with E-state index in [1.165, 1.54) is 18.3 Å². The molecule has 0 bridgehead atoms. The van der Waals surface area contributed by atoms with E-state index in [0.717, 1.165) is 0 Å². The fourth-order valence-corrected chi connectivity index (χ4v) is 2.72. The summed E-state index contributed by atoms with van der Waals surface area (Å²) in [6.45, 7) is 3.77. The Labute approximate surface area is 173 Å². The van der Waals surface area contributed by atoms with Gasteiger partial charge in [0.05, 0.1) is 12.5 Å². The summed E-state index contributed by atoms with van der Waals surface area (Å²) in [7, 11) is 0. The monoisotopic (exact) mass is 407 g/mol. The molecule has 0 saturated heterocycles. The summed E-state index contributed by atoms with van der Waals surface area (Å²) in [6.07, 6.45) is 1.44. The summed E-state index contributed by atoms with van der Waals surface area (Å²) in [5.41, 5.74) is 0.596. The van der Waals surface area contributed by atoms with Crippen LogP contribution in [0.5, 0.6) is 23.1 Å². The van der Waals surface area contributed by atoms with Crippen LogP contribution in [0.2, 0.25) is 0 Å². The number of pyridine rings is 1. The molecule has 0 amide bonds. The first-order chi connectivity index (χ1) is 14.5. The summed E-state index contributed by atoms with van der Waals surface area (Å²) in [4.78, 5) is 27.6. The molecule has 3 rings (SSSR count). The van der Waals surface area contributed by atoms with Crippen molar-refractivity contribution in [3.05, 3.63) is 78.0 Å². The molecule has 30 heavy (non-hydrogen) atoms. The first kappa shape index (κ1) is 20.9. The molecular weight excluding hydrogens is 386 g/mol. The molecule has 1 heterocycles. The largest absolute Gasteiger partial charge is 0.477 e. The van der Waals surface area contributed by atoms with Crippen LogP contribution in [0.15, 0.2) is 66.9 Å². The van der Waals surface area contributed by atoms with Gasteiger partial charge in [-0.25, -0.2) is 9.78 Å². The Morgan fingerprint density at radius 2 is 1.77 bits per heavy atom. The number of carboxylic acids is 1. The average Bonchev–Trinajstić information content (AvgIpc) is 2.75. The first-order valence-electron chi connectivity index (χ1n) is 9.39. The smallest absolute Gasteiger partial charge is 0.341 e. The number of hydrogen-bond acceptors (Lipinski definition) is 6. The predicted molar refractivity (Wildman–Crippen MR) is 109 cm³/mol. The van der Waals surface area contributed by atoms with Crippen molar-refractivity contribution in [2.75, 3.05) is 6.61 Å². The van der Waals surface area contributed by atoms with Gasteiger partial charge in [0.25, 0.3) is 0 Å². The molecule has 0 aliphatic rings. The topological polar surface area (TPSA) is 95.0 Å². The van der Waals surface area contributed by atoms with Gasteiger partial charge >= 0.3 is 11.9 Å². The van der Waals surface area contributed by atoms with E-state index in [4.69, 9.17) is 14.2 Å². The number of aromatic nitrogens is 1. The van der Waals surface area contributed by atoms with Crippen LogP contribution in [0.1, 0.15) is 35.7 Å². The van der Waals surface area contributed by atoms with Gasteiger partial charge in [-0.05, 0) is 55.8 Å². The van der Waals surface area contributed by atoms with Crippen LogP contribution in [0, 0.1) is 0 Å². The fraction of sp³-hybridized carbons (Fsp3) is 0.174. The lowest BCUT2D eigenvalue weighted by Crippen LogP contribution is -2.13. The number of carbonyl (C=O) groups is 2. The molecule has 1 unspecified atom stereocenters. The zero-order valence-corrected chi connectivity index (χ0v) is 16.6. The number of ether oxygens (including phenoxy) is 3. The van der Waals surface area contributed by atoms with Crippen LogP contribution >= 0.6 is 0 Å². The van der Waals surface area contributed by atoms with Crippen LogP contribution in [0.3, 0.4) is 0 Å². The highest BCUT2D eigenvalue weighted by atomic mass is 16.5. The normalized spacial score (nSPS) is 11.4. The van der Waals surface area contributed by atoms with Crippen molar-refractivity contribution in [3.63, 3.8) is 0 Å². The Morgan fingerprint density at radius 1 is 1.00 bits per heavy atom. The second kappa shape index (κ2) is 9.56. The number of carboxylic acid groups (broad SMARTS) is 1. The molecule has 0 radical (unpaired) electrons. The van der Waals surface area contributed by atoms with Gasteiger partial charge in [0.1, 0.15) is 11.3 Å². The van der Waals surface area contributed by atoms with E-state index in [1.54, 1.807) is 44.2 Å². The molecule has 2 aromatic carbocycles. The Hall–Kier alpha value is -3.87. The lowest BCUT2D eigenvalue weighted by atomic mass is 10.0. The molecule has 1 aromatic heterocycles. The van der Waals surface area contributed by atoms with E-state index in [-0.39, 0.29) is 29.8 Å². The van der Waals surface area contributed by atoms with E-state index in [2.05, 4.69) is 4.98 Å². The van der Waals surface area contributed by atoms with Crippen LogP contribution in [-0.2, 0) is 9.53 Å². The molecule has 7 heteroatoms. The minimum absolute atomic E-state index is 0.0610. The zero-order valence-electron chi connectivity index (χ0n) is 16.6. The number of esters is 1. The van der Waals surface area contributed by atoms with Crippen molar-refractivity contribution in [2.45, 2.75) is 19.8 Å². The zero-order chi connectivity index (χ0) is 21.5. The number of carbonyl (C=O) groups excluding carboxylic acids is 1. The third kappa shape index (κ3) is 4.94. The number of rotatable bonds is 8. The Bertz CT molecular complexity index is 1030. The molecule has 0 saturated carbocycles. The minimum atomic E-state index is -1.16. The summed E-state index contributed by atoms with van der Waals surface area (Å²) in [6, 6.07) is 17.0. The molecule has 0 aliphatic heterocycles. The molecule has 0 spiro atoms. The van der Waals surface area contributed by atoms with Gasteiger partial charge in [-0.15, -0.1) is 0 Å². The van der Waals surface area contributed by atoms with Gasteiger partial charge in [-0.1, -0.05) is 24.3 Å².